The van der Waals surface area contributed by atoms with Crippen LogP contribution in [0.5, 0.6) is 0 Å². The zero-order chi connectivity index (χ0) is 11.7. The first kappa shape index (κ1) is 15.2. The van der Waals surface area contributed by atoms with E-state index < -0.39 is 0 Å². The van der Waals surface area contributed by atoms with Gasteiger partial charge in [-0.3, -0.25) is 0 Å². The lowest BCUT2D eigenvalue weighted by molar-refractivity contribution is 0.112. The van der Waals surface area contributed by atoms with Crippen molar-refractivity contribution in [2.45, 2.75) is 39.5 Å². The van der Waals surface area contributed by atoms with Crippen LogP contribution in [0.1, 0.15) is 34.1 Å². The average molecular weight is 236 g/mol. The van der Waals surface area contributed by atoms with Crippen LogP contribution in [-0.4, -0.2) is 31.7 Å². The molecule has 1 N–H and O–H groups in total. The molecular formula is C12H26ClNO. The van der Waals surface area contributed by atoms with Gasteiger partial charge in [-0.2, -0.15) is 0 Å². The molecule has 15 heavy (non-hydrogen) atoms. The number of hydrogen-bond donors (Lipinski definition) is 1. The lowest BCUT2D eigenvalue weighted by Crippen LogP contribution is -2.27. The van der Waals surface area contributed by atoms with Gasteiger partial charge in [0, 0.05) is 25.1 Å². The molecule has 0 amide bonds. The maximum Gasteiger partial charge on any atom is 0.0591 e. The number of alkyl halides is 1. The molecule has 2 nitrogen and oxygen atoms in total. The van der Waals surface area contributed by atoms with Crippen molar-refractivity contribution in [2.75, 3.05) is 26.3 Å². The lowest BCUT2D eigenvalue weighted by Gasteiger charge is -2.13. The lowest BCUT2D eigenvalue weighted by atomic mass is 10.1. The number of rotatable bonds is 9. The Balaban J connectivity index is 3.16. The Labute approximate surface area is 99.7 Å². The van der Waals surface area contributed by atoms with E-state index in [0.717, 1.165) is 32.7 Å². The van der Waals surface area contributed by atoms with Crippen molar-refractivity contribution < 1.29 is 4.74 Å². The van der Waals surface area contributed by atoms with Gasteiger partial charge < -0.3 is 10.1 Å². The highest BCUT2D eigenvalue weighted by molar-refractivity contribution is 6.20. The van der Waals surface area contributed by atoms with Crippen LogP contribution in [0.15, 0.2) is 0 Å². The fourth-order valence-electron chi connectivity index (χ4n) is 1.32. The summed E-state index contributed by atoms with van der Waals surface area (Å²) in [5.74, 6) is 1.29. The first-order valence-corrected chi connectivity index (χ1v) is 6.38. The molecule has 0 aliphatic carbocycles. The molecule has 0 aliphatic rings. The molecular weight excluding hydrogens is 210 g/mol. The van der Waals surface area contributed by atoms with Crippen LogP contribution in [0.25, 0.3) is 0 Å². The highest BCUT2D eigenvalue weighted by Gasteiger charge is 2.06. The van der Waals surface area contributed by atoms with Crippen LogP contribution in [-0.2, 0) is 4.74 Å². The van der Waals surface area contributed by atoms with Gasteiger partial charge in [-0.05, 0) is 18.3 Å². The van der Waals surface area contributed by atoms with Crippen molar-refractivity contribution in [1.29, 1.82) is 0 Å². The Morgan fingerprint density at radius 2 is 1.80 bits per heavy atom. The molecule has 0 bridgehead atoms. The van der Waals surface area contributed by atoms with E-state index in [4.69, 9.17) is 16.3 Å². The summed E-state index contributed by atoms with van der Waals surface area (Å²) in [7, 11) is 0. The monoisotopic (exact) mass is 235 g/mol. The summed E-state index contributed by atoms with van der Waals surface area (Å²) in [5.41, 5.74) is 0. The number of nitrogens with one attached hydrogen (secondary N) is 1. The van der Waals surface area contributed by atoms with Crippen molar-refractivity contribution in [3.63, 3.8) is 0 Å². The molecule has 0 spiro atoms. The normalized spacial score (nSPS) is 13.8. The predicted octanol–water partition coefficient (Wildman–Crippen LogP) is 2.90. The Morgan fingerprint density at radius 1 is 1.13 bits per heavy atom. The standard InChI is InChI=1S/C12H26ClNO/c1-10(2)7-12(13)8-14-5-6-15-9-11(3)4/h10-12,14H,5-9H2,1-4H3. The van der Waals surface area contributed by atoms with Gasteiger partial charge in [0.15, 0.2) is 0 Å². The second-order valence-electron chi connectivity index (χ2n) is 4.90. The molecule has 0 radical (unpaired) electrons. The highest BCUT2D eigenvalue weighted by atomic mass is 35.5. The molecule has 3 heteroatoms. The first-order valence-electron chi connectivity index (χ1n) is 5.95. The predicted molar refractivity (Wildman–Crippen MR) is 67.6 cm³/mol. The summed E-state index contributed by atoms with van der Waals surface area (Å²) >= 11 is 6.14. The largest absolute Gasteiger partial charge is 0.380 e. The first-order chi connectivity index (χ1) is 7.02. The molecule has 0 aromatic heterocycles. The quantitative estimate of drug-likeness (QED) is 0.490. The van der Waals surface area contributed by atoms with Crippen molar-refractivity contribution in [3.05, 3.63) is 0 Å². The van der Waals surface area contributed by atoms with E-state index in [1.807, 2.05) is 0 Å². The molecule has 0 aromatic carbocycles. The smallest absolute Gasteiger partial charge is 0.0591 e. The fourth-order valence-corrected chi connectivity index (χ4v) is 1.78. The minimum Gasteiger partial charge on any atom is -0.380 e. The van der Waals surface area contributed by atoms with Crippen LogP contribution < -0.4 is 5.32 Å². The van der Waals surface area contributed by atoms with E-state index in [1.54, 1.807) is 0 Å². The number of halogens is 1. The summed E-state index contributed by atoms with van der Waals surface area (Å²) in [4.78, 5) is 0. The minimum absolute atomic E-state index is 0.245. The SMILES string of the molecule is CC(C)COCCNCC(Cl)CC(C)C. The third-order valence-electron chi connectivity index (χ3n) is 1.97. The second kappa shape index (κ2) is 9.44. The Bertz CT molecular complexity index is 140. The van der Waals surface area contributed by atoms with Crippen LogP contribution >= 0.6 is 11.6 Å². The van der Waals surface area contributed by atoms with Gasteiger partial charge in [-0.15, -0.1) is 11.6 Å². The minimum atomic E-state index is 0.245. The summed E-state index contributed by atoms with van der Waals surface area (Å²) in [5, 5.41) is 3.55. The van der Waals surface area contributed by atoms with Crippen LogP contribution in [0.2, 0.25) is 0 Å². The fraction of sp³-hybridized carbons (Fsp3) is 1.00. The number of hydrogen-bond acceptors (Lipinski definition) is 2. The maximum atomic E-state index is 6.14. The zero-order valence-electron chi connectivity index (χ0n) is 10.6. The van der Waals surface area contributed by atoms with Gasteiger partial charge in [0.2, 0.25) is 0 Å². The Hall–Kier alpha value is 0.210. The third kappa shape index (κ3) is 12.1. The second-order valence-corrected chi connectivity index (χ2v) is 5.52. The van der Waals surface area contributed by atoms with Crippen molar-refractivity contribution >= 4 is 11.6 Å². The van der Waals surface area contributed by atoms with E-state index in [9.17, 15) is 0 Å². The molecule has 1 atom stereocenters. The molecule has 0 heterocycles. The summed E-state index contributed by atoms with van der Waals surface area (Å²) in [6.45, 7) is 12.1. The van der Waals surface area contributed by atoms with Gasteiger partial charge in [0.25, 0.3) is 0 Å². The Morgan fingerprint density at radius 3 is 2.33 bits per heavy atom. The van der Waals surface area contributed by atoms with Crippen molar-refractivity contribution in [2.24, 2.45) is 11.8 Å². The molecule has 0 saturated heterocycles. The van der Waals surface area contributed by atoms with Crippen molar-refractivity contribution in [3.8, 4) is 0 Å². The molecule has 0 saturated carbocycles. The van der Waals surface area contributed by atoms with Crippen LogP contribution in [0, 0.1) is 11.8 Å². The van der Waals surface area contributed by atoms with Gasteiger partial charge >= 0.3 is 0 Å². The van der Waals surface area contributed by atoms with E-state index >= 15 is 0 Å². The van der Waals surface area contributed by atoms with Gasteiger partial charge in [-0.25, -0.2) is 0 Å². The van der Waals surface area contributed by atoms with Crippen molar-refractivity contribution in [1.82, 2.24) is 5.32 Å². The average Bonchev–Trinajstić information content (AvgIpc) is 2.09. The molecule has 0 fully saturated rings. The maximum absolute atomic E-state index is 6.14. The summed E-state index contributed by atoms with van der Waals surface area (Å²) in [6.07, 6.45) is 1.07. The van der Waals surface area contributed by atoms with E-state index in [2.05, 4.69) is 33.0 Å². The molecule has 92 valence electrons. The molecule has 0 aromatic rings. The third-order valence-corrected chi connectivity index (χ3v) is 2.30. The van der Waals surface area contributed by atoms with Crippen LogP contribution in [0.4, 0.5) is 0 Å². The highest BCUT2D eigenvalue weighted by Crippen LogP contribution is 2.09. The summed E-state index contributed by atoms with van der Waals surface area (Å²) in [6, 6.07) is 0. The van der Waals surface area contributed by atoms with E-state index in [0.29, 0.717) is 11.8 Å². The van der Waals surface area contributed by atoms with Gasteiger partial charge in [-0.1, -0.05) is 27.7 Å². The van der Waals surface area contributed by atoms with Gasteiger partial charge in [0.05, 0.1) is 6.61 Å². The topological polar surface area (TPSA) is 21.3 Å². The number of ether oxygens (including phenoxy) is 1. The molecule has 0 aliphatic heterocycles. The van der Waals surface area contributed by atoms with Crippen LogP contribution in [0.3, 0.4) is 0 Å². The zero-order valence-corrected chi connectivity index (χ0v) is 11.3. The molecule has 0 rings (SSSR count). The van der Waals surface area contributed by atoms with Gasteiger partial charge in [0.1, 0.15) is 0 Å². The molecule has 1 unspecified atom stereocenters. The summed E-state index contributed by atoms with van der Waals surface area (Å²) < 4.78 is 5.45. The Kier molecular flexibility index (Phi) is 9.57. The van der Waals surface area contributed by atoms with E-state index in [-0.39, 0.29) is 5.38 Å². The van der Waals surface area contributed by atoms with E-state index in [1.165, 1.54) is 0 Å².